The maximum atomic E-state index is 10.7. The van der Waals surface area contributed by atoms with Crippen LogP contribution in [0.25, 0.3) is 11.2 Å². The fourth-order valence-corrected chi connectivity index (χ4v) is 2.28. The van der Waals surface area contributed by atoms with E-state index >= 15 is 0 Å². The number of fused-ring (bicyclic) bond motifs is 1. The number of nitrogen functional groups attached to an aromatic ring is 1. The predicted octanol–water partition coefficient (Wildman–Crippen LogP) is 0.602. The van der Waals surface area contributed by atoms with E-state index in [1.807, 2.05) is 0 Å². The molecule has 0 aliphatic heterocycles. The molecule has 0 aliphatic rings. The van der Waals surface area contributed by atoms with Crippen molar-refractivity contribution in [3.05, 3.63) is 11.5 Å². The molecule has 0 radical (unpaired) electrons. The minimum Gasteiger partial charge on any atom is -0.368 e. The first-order valence-electron chi connectivity index (χ1n) is 5.56. The highest BCUT2D eigenvalue weighted by Gasteiger charge is 2.17. The largest absolute Gasteiger partial charge is 0.368 e. The summed E-state index contributed by atoms with van der Waals surface area (Å²) < 4.78 is 17.4. The summed E-state index contributed by atoms with van der Waals surface area (Å²) in [7, 11) is -4.19. The van der Waals surface area contributed by atoms with E-state index in [0.717, 1.165) is 0 Å². The lowest BCUT2D eigenvalue weighted by Gasteiger charge is -2.14. The van der Waals surface area contributed by atoms with Gasteiger partial charge in [-0.25, -0.2) is 4.98 Å². The molecule has 1 unspecified atom stereocenters. The predicted molar refractivity (Wildman–Crippen MR) is 72.2 cm³/mol. The fourth-order valence-electron chi connectivity index (χ4n) is 1.61. The average molecular weight is 322 g/mol. The molecular formula is C9H13ClN5O4P. The molecule has 0 amide bonds. The molecule has 11 heteroatoms. The second-order valence-corrected chi connectivity index (χ2v) is 6.16. The van der Waals surface area contributed by atoms with Crippen LogP contribution in [0, 0.1) is 0 Å². The third-order valence-corrected chi connectivity index (χ3v) is 3.17. The van der Waals surface area contributed by atoms with Crippen LogP contribution < -0.4 is 5.73 Å². The van der Waals surface area contributed by atoms with Crippen LogP contribution in [-0.4, -0.2) is 41.8 Å². The molecule has 20 heavy (non-hydrogen) atoms. The van der Waals surface area contributed by atoms with Crippen LogP contribution in [0.1, 0.15) is 6.92 Å². The van der Waals surface area contributed by atoms with Gasteiger partial charge in [0.1, 0.15) is 11.9 Å². The Labute approximate surface area is 118 Å². The molecule has 0 bridgehead atoms. The second kappa shape index (κ2) is 5.63. The van der Waals surface area contributed by atoms with Crippen molar-refractivity contribution < 1.29 is 19.1 Å². The SMILES string of the molecule is CC(Cn1cnc2c(Cl)nc(N)nc21)OCP(=O)(O)O. The third-order valence-electron chi connectivity index (χ3n) is 2.42. The average Bonchev–Trinajstić information content (AvgIpc) is 2.69. The zero-order valence-corrected chi connectivity index (χ0v) is 12.1. The highest BCUT2D eigenvalue weighted by Crippen LogP contribution is 2.34. The van der Waals surface area contributed by atoms with Crippen molar-refractivity contribution in [3.8, 4) is 0 Å². The van der Waals surface area contributed by atoms with E-state index in [1.165, 1.54) is 6.33 Å². The zero-order valence-electron chi connectivity index (χ0n) is 10.5. The van der Waals surface area contributed by atoms with Gasteiger partial charge in [0.25, 0.3) is 0 Å². The molecule has 0 aliphatic carbocycles. The van der Waals surface area contributed by atoms with Gasteiger partial charge in [0.2, 0.25) is 5.95 Å². The molecule has 9 nitrogen and oxygen atoms in total. The van der Waals surface area contributed by atoms with Crippen molar-refractivity contribution >= 4 is 36.3 Å². The molecular weight excluding hydrogens is 309 g/mol. The maximum Gasteiger partial charge on any atom is 0.350 e. The Morgan fingerprint density at radius 2 is 2.25 bits per heavy atom. The summed E-state index contributed by atoms with van der Waals surface area (Å²) in [4.78, 5) is 29.4. The molecule has 4 N–H and O–H groups in total. The molecule has 2 rings (SSSR count). The summed E-state index contributed by atoms with van der Waals surface area (Å²) in [6.07, 6.45) is 0.399. The van der Waals surface area contributed by atoms with Crippen LogP contribution in [0.15, 0.2) is 6.33 Å². The molecule has 2 heterocycles. The fraction of sp³-hybridized carbons (Fsp3) is 0.444. The quantitative estimate of drug-likeness (QED) is 0.538. The van der Waals surface area contributed by atoms with Crippen molar-refractivity contribution in [2.24, 2.45) is 0 Å². The Morgan fingerprint density at radius 3 is 2.90 bits per heavy atom. The van der Waals surface area contributed by atoms with Gasteiger partial charge >= 0.3 is 7.60 Å². The normalized spacial score (nSPS) is 13.8. The van der Waals surface area contributed by atoms with Gasteiger partial charge in [-0.3, -0.25) is 4.57 Å². The lowest BCUT2D eigenvalue weighted by molar-refractivity contribution is 0.0764. The number of aromatic nitrogens is 4. The maximum absolute atomic E-state index is 10.7. The van der Waals surface area contributed by atoms with Crippen molar-refractivity contribution in [1.29, 1.82) is 0 Å². The van der Waals surface area contributed by atoms with Crippen LogP contribution in [0.2, 0.25) is 5.15 Å². The smallest absolute Gasteiger partial charge is 0.350 e. The van der Waals surface area contributed by atoms with Gasteiger partial charge in [-0.15, -0.1) is 0 Å². The summed E-state index contributed by atoms with van der Waals surface area (Å²) in [5.41, 5.74) is 6.36. The number of anilines is 1. The van der Waals surface area contributed by atoms with Crippen LogP contribution in [0.5, 0.6) is 0 Å². The minimum atomic E-state index is -4.19. The number of imidazole rings is 1. The highest BCUT2D eigenvalue weighted by molar-refractivity contribution is 7.51. The summed E-state index contributed by atoms with van der Waals surface area (Å²) in [5, 5.41) is 0.148. The second-order valence-electron chi connectivity index (χ2n) is 4.21. The van der Waals surface area contributed by atoms with E-state index in [0.29, 0.717) is 17.7 Å². The lowest BCUT2D eigenvalue weighted by Crippen LogP contribution is -2.17. The van der Waals surface area contributed by atoms with Gasteiger partial charge in [-0.2, -0.15) is 9.97 Å². The Kier molecular flexibility index (Phi) is 4.26. The molecule has 1 atom stereocenters. The van der Waals surface area contributed by atoms with Crippen LogP contribution in [0.4, 0.5) is 5.95 Å². The van der Waals surface area contributed by atoms with E-state index < -0.39 is 20.0 Å². The first-order valence-corrected chi connectivity index (χ1v) is 7.74. The first-order chi connectivity index (χ1) is 9.26. The summed E-state index contributed by atoms with van der Waals surface area (Å²) in [6.45, 7) is 1.97. The van der Waals surface area contributed by atoms with Gasteiger partial charge in [0.15, 0.2) is 10.8 Å². The molecule has 0 spiro atoms. The molecule has 110 valence electrons. The number of rotatable bonds is 5. The monoisotopic (exact) mass is 321 g/mol. The molecule has 0 aromatic carbocycles. The van der Waals surface area contributed by atoms with E-state index in [1.54, 1.807) is 11.5 Å². The molecule has 0 fully saturated rings. The Hall–Kier alpha value is -1.25. The standard InChI is InChI=1S/C9H13ClN5O4P/c1-5(19-4-20(16,17)18)2-15-3-12-6-7(10)13-9(11)14-8(6)15/h3,5H,2,4H2,1H3,(H2,11,13,14)(H2,16,17,18). The van der Waals surface area contributed by atoms with Crippen LogP contribution in [0.3, 0.4) is 0 Å². The summed E-state index contributed by atoms with van der Waals surface area (Å²) in [5.74, 6) is 0.0213. The van der Waals surface area contributed by atoms with Gasteiger partial charge in [0.05, 0.1) is 19.0 Å². The Bertz CT molecular complexity index is 672. The molecule has 0 saturated carbocycles. The first kappa shape index (κ1) is 15.1. The summed E-state index contributed by atoms with van der Waals surface area (Å²) >= 11 is 5.89. The lowest BCUT2D eigenvalue weighted by atomic mass is 10.4. The Balaban J connectivity index is 2.16. The number of halogens is 1. The summed E-state index contributed by atoms with van der Waals surface area (Å²) in [6, 6.07) is 0. The van der Waals surface area contributed by atoms with E-state index in [9.17, 15) is 4.57 Å². The van der Waals surface area contributed by atoms with E-state index in [-0.39, 0.29) is 11.1 Å². The van der Waals surface area contributed by atoms with Crippen molar-refractivity contribution in [3.63, 3.8) is 0 Å². The van der Waals surface area contributed by atoms with Gasteiger partial charge in [-0.05, 0) is 6.92 Å². The molecule has 2 aromatic heterocycles. The van der Waals surface area contributed by atoms with Gasteiger partial charge < -0.3 is 24.8 Å². The Morgan fingerprint density at radius 1 is 1.55 bits per heavy atom. The number of ether oxygens (including phenoxy) is 1. The zero-order chi connectivity index (χ0) is 14.9. The van der Waals surface area contributed by atoms with Crippen LogP contribution in [-0.2, 0) is 15.8 Å². The van der Waals surface area contributed by atoms with Crippen molar-refractivity contribution in [2.45, 2.75) is 19.6 Å². The van der Waals surface area contributed by atoms with E-state index in [2.05, 4.69) is 15.0 Å². The topological polar surface area (TPSA) is 136 Å². The molecule has 2 aromatic rings. The van der Waals surface area contributed by atoms with Crippen molar-refractivity contribution in [1.82, 2.24) is 19.5 Å². The number of nitrogens with two attached hydrogens (primary N) is 1. The van der Waals surface area contributed by atoms with Crippen molar-refractivity contribution in [2.75, 3.05) is 12.1 Å². The minimum absolute atomic E-state index is 0.0213. The third kappa shape index (κ3) is 3.65. The van der Waals surface area contributed by atoms with Gasteiger partial charge in [0, 0.05) is 0 Å². The van der Waals surface area contributed by atoms with Gasteiger partial charge in [-0.1, -0.05) is 11.6 Å². The number of nitrogens with zero attached hydrogens (tertiary/aromatic N) is 4. The number of hydrogen-bond acceptors (Lipinski definition) is 6. The number of hydrogen-bond donors (Lipinski definition) is 3. The highest BCUT2D eigenvalue weighted by atomic mass is 35.5. The van der Waals surface area contributed by atoms with E-state index in [4.69, 9.17) is 31.9 Å². The van der Waals surface area contributed by atoms with Crippen LogP contribution >= 0.6 is 19.2 Å². The molecule has 0 saturated heterocycles.